The number of aromatic nitrogens is 3. The number of hydrogen-bond acceptors (Lipinski definition) is 4. The van der Waals surface area contributed by atoms with Crippen LogP contribution in [0.15, 0.2) is 59.2 Å². The lowest BCUT2D eigenvalue weighted by Crippen LogP contribution is -2.09. The van der Waals surface area contributed by atoms with Crippen LogP contribution < -0.4 is 4.74 Å². The molecule has 0 aliphatic heterocycles. The van der Waals surface area contributed by atoms with Crippen LogP contribution in [0.2, 0.25) is 5.02 Å². The maximum atomic E-state index is 12.1. The molecule has 0 spiro atoms. The molecule has 0 bridgehead atoms. The number of rotatable bonds is 4. The van der Waals surface area contributed by atoms with Crippen LogP contribution in [0, 0.1) is 0 Å². The molecule has 0 atom stereocenters. The van der Waals surface area contributed by atoms with Crippen LogP contribution in [0.5, 0.6) is 5.75 Å². The van der Waals surface area contributed by atoms with Crippen LogP contribution in [0.3, 0.4) is 0 Å². The van der Waals surface area contributed by atoms with Gasteiger partial charge in [-0.3, -0.25) is 0 Å². The highest BCUT2D eigenvalue weighted by Gasteiger charge is 2.15. The number of halogens is 2. The van der Waals surface area contributed by atoms with Crippen molar-refractivity contribution in [2.24, 2.45) is 0 Å². The number of esters is 1. The second-order valence-electron chi connectivity index (χ2n) is 4.75. The molecule has 7 heteroatoms. The zero-order chi connectivity index (χ0) is 16.2. The third-order valence-electron chi connectivity index (χ3n) is 3.03. The number of benzene rings is 2. The highest BCUT2D eigenvalue weighted by molar-refractivity contribution is 9.10. The van der Waals surface area contributed by atoms with Crippen molar-refractivity contribution in [3.8, 4) is 5.75 Å². The van der Waals surface area contributed by atoms with Gasteiger partial charge < -0.3 is 4.74 Å². The summed E-state index contributed by atoms with van der Waals surface area (Å²) in [7, 11) is 0. The summed E-state index contributed by atoms with van der Waals surface area (Å²) >= 11 is 9.32. The monoisotopic (exact) mass is 391 g/mol. The average molecular weight is 393 g/mol. The van der Waals surface area contributed by atoms with Crippen LogP contribution in [-0.4, -0.2) is 21.0 Å². The van der Waals surface area contributed by atoms with Gasteiger partial charge in [0.25, 0.3) is 0 Å². The first-order valence-electron chi connectivity index (χ1n) is 6.73. The number of carbonyl (C=O) groups is 1. The summed E-state index contributed by atoms with van der Waals surface area (Å²) in [5, 5.41) is 8.12. The molecule has 0 saturated heterocycles. The van der Waals surface area contributed by atoms with E-state index < -0.39 is 5.97 Å². The number of hydrogen-bond donors (Lipinski definition) is 0. The van der Waals surface area contributed by atoms with Gasteiger partial charge in [-0.05, 0) is 23.8 Å². The molecule has 0 fully saturated rings. The van der Waals surface area contributed by atoms with Gasteiger partial charge in [-0.15, -0.1) is 5.10 Å². The zero-order valence-electron chi connectivity index (χ0n) is 11.8. The predicted molar refractivity (Wildman–Crippen MR) is 89.7 cm³/mol. The molecule has 0 aliphatic carbocycles. The van der Waals surface area contributed by atoms with Crippen molar-refractivity contribution < 1.29 is 9.53 Å². The number of carbonyl (C=O) groups excluding carboxylic acids is 1. The fraction of sp³-hybridized carbons (Fsp3) is 0.0625. The van der Waals surface area contributed by atoms with E-state index in [1.807, 2.05) is 30.3 Å². The molecule has 0 saturated carbocycles. The maximum absolute atomic E-state index is 12.1. The van der Waals surface area contributed by atoms with Crippen molar-refractivity contribution >= 4 is 33.5 Å². The maximum Gasteiger partial charge on any atom is 0.365 e. The second-order valence-corrected chi connectivity index (χ2v) is 6.07. The summed E-state index contributed by atoms with van der Waals surface area (Å²) in [5.41, 5.74) is 1.19. The molecule has 0 N–H and O–H groups in total. The third kappa shape index (κ3) is 3.97. The molecule has 0 aliphatic rings. The predicted octanol–water partition coefficient (Wildman–Crippen LogP) is 3.96. The van der Waals surface area contributed by atoms with Gasteiger partial charge in [0.2, 0.25) is 0 Å². The molecule has 0 radical (unpaired) electrons. The van der Waals surface area contributed by atoms with Crippen LogP contribution in [0.4, 0.5) is 0 Å². The van der Waals surface area contributed by atoms with Crippen LogP contribution >= 0.6 is 27.5 Å². The number of ether oxygens (including phenoxy) is 1. The highest BCUT2D eigenvalue weighted by atomic mass is 79.9. The molecule has 116 valence electrons. The quantitative estimate of drug-likeness (QED) is 0.498. The topological polar surface area (TPSA) is 57.0 Å². The lowest BCUT2D eigenvalue weighted by atomic mass is 10.2. The zero-order valence-corrected chi connectivity index (χ0v) is 14.2. The molecule has 1 aromatic heterocycles. The smallest absolute Gasteiger partial charge is 0.365 e. The van der Waals surface area contributed by atoms with E-state index in [2.05, 4.69) is 26.2 Å². The lowest BCUT2D eigenvalue weighted by Gasteiger charge is -2.04. The molecular weight excluding hydrogens is 382 g/mol. The van der Waals surface area contributed by atoms with Gasteiger partial charge in [0.1, 0.15) is 5.75 Å². The Morgan fingerprint density at radius 1 is 1.22 bits per heavy atom. The summed E-state index contributed by atoms with van der Waals surface area (Å²) in [5.74, 6) is -0.328. The number of nitrogens with zero attached hydrogens (tertiary/aromatic N) is 3. The Hall–Kier alpha value is -2.18. The van der Waals surface area contributed by atoms with Gasteiger partial charge in [0, 0.05) is 4.47 Å². The standard InChI is InChI=1S/C16H11BrClN3O2/c17-12-6-7-15(13(18)8-12)23-16(22)14-10-21(20-19-14)9-11-4-2-1-3-5-11/h1-8,10H,9H2. The van der Waals surface area contributed by atoms with Crippen LogP contribution in [0.1, 0.15) is 16.1 Å². The van der Waals surface area contributed by atoms with Gasteiger partial charge in [-0.2, -0.15) is 0 Å². The van der Waals surface area contributed by atoms with E-state index in [0.29, 0.717) is 11.6 Å². The van der Waals surface area contributed by atoms with Crippen molar-refractivity contribution in [2.45, 2.75) is 6.54 Å². The first-order valence-corrected chi connectivity index (χ1v) is 7.90. The van der Waals surface area contributed by atoms with E-state index in [9.17, 15) is 4.79 Å². The van der Waals surface area contributed by atoms with Crippen molar-refractivity contribution in [3.63, 3.8) is 0 Å². The summed E-state index contributed by atoms with van der Waals surface area (Å²) in [6.07, 6.45) is 1.54. The Bertz CT molecular complexity index is 836. The Labute approximate surface area is 146 Å². The molecule has 5 nitrogen and oxygen atoms in total. The van der Waals surface area contributed by atoms with Crippen molar-refractivity contribution in [1.82, 2.24) is 15.0 Å². The Morgan fingerprint density at radius 3 is 2.74 bits per heavy atom. The Morgan fingerprint density at radius 2 is 2.00 bits per heavy atom. The van der Waals surface area contributed by atoms with E-state index in [1.165, 1.54) is 0 Å². The van der Waals surface area contributed by atoms with E-state index in [4.69, 9.17) is 16.3 Å². The van der Waals surface area contributed by atoms with E-state index in [-0.39, 0.29) is 11.4 Å². The average Bonchev–Trinajstić information content (AvgIpc) is 3.00. The fourth-order valence-electron chi connectivity index (χ4n) is 1.95. The minimum absolute atomic E-state index is 0.125. The molecule has 2 aromatic carbocycles. The molecular formula is C16H11BrClN3O2. The van der Waals surface area contributed by atoms with Gasteiger partial charge in [0.05, 0.1) is 17.8 Å². The largest absolute Gasteiger partial charge is 0.420 e. The molecule has 1 heterocycles. The lowest BCUT2D eigenvalue weighted by molar-refractivity contribution is 0.0728. The normalized spacial score (nSPS) is 10.5. The van der Waals surface area contributed by atoms with E-state index in [0.717, 1.165) is 10.0 Å². The minimum atomic E-state index is -0.603. The highest BCUT2D eigenvalue weighted by Crippen LogP contribution is 2.28. The Kier molecular flexibility index (Phi) is 4.73. The molecule has 0 unspecified atom stereocenters. The summed E-state index contributed by atoms with van der Waals surface area (Å²) in [6.45, 7) is 0.528. The van der Waals surface area contributed by atoms with Crippen molar-refractivity contribution in [3.05, 3.63) is 75.5 Å². The van der Waals surface area contributed by atoms with Gasteiger partial charge in [-0.1, -0.05) is 63.1 Å². The summed E-state index contributed by atoms with van der Waals surface area (Å²) in [4.78, 5) is 12.1. The van der Waals surface area contributed by atoms with Gasteiger partial charge in [0.15, 0.2) is 5.69 Å². The summed E-state index contributed by atoms with van der Waals surface area (Å²) < 4.78 is 7.62. The fourth-order valence-corrected chi connectivity index (χ4v) is 2.66. The van der Waals surface area contributed by atoms with Gasteiger partial charge >= 0.3 is 5.97 Å². The van der Waals surface area contributed by atoms with Crippen molar-refractivity contribution in [1.29, 1.82) is 0 Å². The van der Waals surface area contributed by atoms with Gasteiger partial charge in [-0.25, -0.2) is 9.48 Å². The van der Waals surface area contributed by atoms with E-state index >= 15 is 0 Å². The van der Waals surface area contributed by atoms with E-state index in [1.54, 1.807) is 29.1 Å². The van der Waals surface area contributed by atoms with Crippen LogP contribution in [-0.2, 0) is 6.54 Å². The molecule has 3 aromatic rings. The molecule has 23 heavy (non-hydrogen) atoms. The first-order chi connectivity index (χ1) is 11.1. The Balaban J connectivity index is 1.71. The van der Waals surface area contributed by atoms with Crippen LogP contribution in [0.25, 0.3) is 0 Å². The van der Waals surface area contributed by atoms with Crippen molar-refractivity contribution in [2.75, 3.05) is 0 Å². The molecule has 0 amide bonds. The third-order valence-corrected chi connectivity index (χ3v) is 3.82. The summed E-state index contributed by atoms with van der Waals surface area (Å²) in [6, 6.07) is 14.8. The molecule has 3 rings (SSSR count). The first kappa shape index (κ1) is 15.7. The minimum Gasteiger partial charge on any atom is -0.420 e. The second kappa shape index (κ2) is 6.93. The SMILES string of the molecule is O=C(Oc1ccc(Br)cc1Cl)c1cn(Cc2ccccc2)nn1.